The monoisotopic (exact) mass is 296 g/mol. The predicted molar refractivity (Wildman–Crippen MR) is 81.2 cm³/mol. The van der Waals surface area contributed by atoms with Gasteiger partial charge in [0.05, 0.1) is 5.41 Å². The Hall–Kier alpha value is -1.26. The Kier molecular flexibility index (Phi) is 4.49. The maximum absolute atomic E-state index is 12.8. The van der Waals surface area contributed by atoms with Crippen molar-refractivity contribution in [1.29, 1.82) is 0 Å². The lowest BCUT2D eigenvalue weighted by atomic mass is 9.76. The minimum absolute atomic E-state index is 0.0268. The van der Waals surface area contributed by atoms with E-state index in [-0.39, 0.29) is 11.6 Å². The first-order valence-corrected chi connectivity index (χ1v) is 8.12. The number of likely N-dealkylation sites (tertiary alicyclic amines) is 2. The summed E-state index contributed by atoms with van der Waals surface area (Å²) in [5, 5.41) is 9.64. The minimum Gasteiger partial charge on any atom is -0.481 e. The number of carbonyl (C=O) groups excluding carboxylic acids is 1. The van der Waals surface area contributed by atoms with Gasteiger partial charge < -0.3 is 14.9 Å². The van der Waals surface area contributed by atoms with Gasteiger partial charge >= 0.3 is 12.0 Å². The molecule has 2 amide bonds. The van der Waals surface area contributed by atoms with E-state index < -0.39 is 11.4 Å². The summed E-state index contributed by atoms with van der Waals surface area (Å²) >= 11 is 0. The lowest BCUT2D eigenvalue weighted by Crippen LogP contribution is -2.56. The van der Waals surface area contributed by atoms with Gasteiger partial charge in [-0.3, -0.25) is 4.79 Å². The Bertz CT molecular complexity index is 418. The van der Waals surface area contributed by atoms with Crippen LogP contribution in [0.25, 0.3) is 0 Å². The number of urea groups is 1. The number of amides is 2. The number of carboxylic acid groups (broad SMARTS) is 1. The van der Waals surface area contributed by atoms with Gasteiger partial charge in [-0.15, -0.1) is 0 Å². The van der Waals surface area contributed by atoms with Crippen molar-refractivity contribution in [3.63, 3.8) is 0 Å². The third kappa shape index (κ3) is 3.01. The van der Waals surface area contributed by atoms with Gasteiger partial charge in [-0.2, -0.15) is 0 Å². The molecule has 0 aromatic carbocycles. The predicted octanol–water partition coefficient (Wildman–Crippen LogP) is 2.95. The molecule has 2 aliphatic heterocycles. The molecule has 2 saturated heterocycles. The Morgan fingerprint density at radius 2 is 1.81 bits per heavy atom. The van der Waals surface area contributed by atoms with Crippen molar-refractivity contribution in [2.45, 2.75) is 64.8 Å². The van der Waals surface area contributed by atoms with Crippen LogP contribution in [0.3, 0.4) is 0 Å². The molecule has 0 bridgehead atoms. The molecule has 5 nitrogen and oxygen atoms in total. The molecular formula is C16H28N2O3. The highest BCUT2D eigenvalue weighted by atomic mass is 16.4. The fourth-order valence-corrected chi connectivity index (χ4v) is 3.89. The molecule has 0 spiro atoms. The first-order valence-electron chi connectivity index (χ1n) is 8.12. The fraction of sp³-hybridized carbons (Fsp3) is 0.875. The minimum atomic E-state index is -0.748. The molecule has 2 heterocycles. The summed E-state index contributed by atoms with van der Waals surface area (Å²) in [6.07, 6.45) is 5.01. The van der Waals surface area contributed by atoms with Crippen LogP contribution >= 0.6 is 0 Å². The molecule has 2 fully saturated rings. The van der Waals surface area contributed by atoms with Gasteiger partial charge in [-0.05, 0) is 46.0 Å². The highest BCUT2D eigenvalue weighted by Gasteiger charge is 2.45. The van der Waals surface area contributed by atoms with Gasteiger partial charge in [-0.25, -0.2) is 4.79 Å². The Morgan fingerprint density at radius 1 is 1.14 bits per heavy atom. The van der Waals surface area contributed by atoms with E-state index in [0.29, 0.717) is 25.9 Å². The standard InChI is InChI=1S/C16H28N2O3/c1-4-7-16(13(19)20)9-6-10-17(12-16)14(21)18-11-5-8-15(18,2)3/h4-12H2,1-3H3,(H,19,20). The second-order valence-electron chi connectivity index (χ2n) is 7.21. The normalized spacial score (nSPS) is 28.7. The summed E-state index contributed by atoms with van der Waals surface area (Å²) in [7, 11) is 0. The third-order valence-corrected chi connectivity index (χ3v) is 5.16. The largest absolute Gasteiger partial charge is 0.481 e. The molecule has 0 aromatic heterocycles. The quantitative estimate of drug-likeness (QED) is 0.871. The number of hydrogen-bond donors (Lipinski definition) is 1. The van der Waals surface area contributed by atoms with Crippen molar-refractivity contribution >= 4 is 12.0 Å². The third-order valence-electron chi connectivity index (χ3n) is 5.16. The highest BCUT2D eigenvalue weighted by Crippen LogP contribution is 2.37. The van der Waals surface area contributed by atoms with E-state index in [0.717, 1.165) is 32.2 Å². The average Bonchev–Trinajstić information content (AvgIpc) is 2.78. The Balaban J connectivity index is 2.13. The molecule has 2 aliphatic rings. The van der Waals surface area contributed by atoms with E-state index in [1.54, 1.807) is 4.90 Å². The first kappa shape index (κ1) is 16.1. The van der Waals surface area contributed by atoms with Gasteiger partial charge in [-0.1, -0.05) is 13.3 Å². The van der Waals surface area contributed by atoms with Crippen LogP contribution in [0.2, 0.25) is 0 Å². The molecule has 0 saturated carbocycles. The number of rotatable bonds is 3. The Labute approximate surface area is 127 Å². The van der Waals surface area contributed by atoms with Gasteiger partial charge in [0.1, 0.15) is 0 Å². The van der Waals surface area contributed by atoms with Crippen LogP contribution in [0.4, 0.5) is 4.79 Å². The number of piperidine rings is 1. The van der Waals surface area contributed by atoms with Crippen molar-refractivity contribution < 1.29 is 14.7 Å². The lowest BCUT2D eigenvalue weighted by molar-refractivity contribution is -0.152. The van der Waals surface area contributed by atoms with Gasteiger partial charge in [0.2, 0.25) is 0 Å². The number of carboxylic acids is 1. The van der Waals surface area contributed by atoms with Crippen LogP contribution in [0.15, 0.2) is 0 Å². The molecule has 1 unspecified atom stereocenters. The second kappa shape index (κ2) is 5.85. The summed E-state index contributed by atoms with van der Waals surface area (Å²) in [5.41, 5.74) is -0.850. The highest BCUT2D eigenvalue weighted by molar-refractivity contribution is 5.79. The summed E-state index contributed by atoms with van der Waals surface area (Å²) in [6, 6.07) is 0.0268. The van der Waals surface area contributed by atoms with Crippen LogP contribution in [0.5, 0.6) is 0 Å². The SMILES string of the molecule is CCCC1(C(=O)O)CCCN(C(=O)N2CCCC2(C)C)C1. The zero-order valence-electron chi connectivity index (χ0n) is 13.5. The van der Waals surface area contributed by atoms with Crippen LogP contribution in [-0.2, 0) is 4.79 Å². The van der Waals surface area contributed by atoms with Crippen LogP contribution < -0.4 is 0 Å². The van der Waals surface area contributed by atoms with Crippen molar-refractivity contribution in [2.24, 2.45) is 5.41 Å². The summed E-state index contributed by atoms with van der Waals surface area (Å²) in [4.78, 5) is 28.2. The summed E-state index contributed by atoms with van der Waals surface area (Å²) < 4.78 is 0. The molecule has 0 aliphatic carbocycles. The summed E-state index contributed by atoms with van der Waals surface area (Å²) in [5.74, 6) is -0.748. The molecular weight excluding hydrogens is 268 g/mol. The van der Waals surface area contributed by atoms with Gasteiger partial charge in [0, 0.05) is 25.2 Å². The summed E-state index contributed by atoms with van der Waals surface area (Å²) in [6.45, 7) is 8.04. The zero-order valence-corrected chi connectivity index (χ0v) is 13.5. The van der Waals surface area contributed by atoms with E-state index in [2.05, 4.69) is 13.8 Å². The van der Waals surface area contributed by atoms with E-state index in [9.17, 15) is 14.7 Å². The second-order valence-corrected chi connectivity index (χ2v) is 7.21. The van der Waals surface area contributed by atoms with Gasteiger partial charge in [0.15, 0.2) is 0 Å². The van der Waals surface area contributed by atoms with E-state index in [1.165, 1.54) is 0 Å². The molecule has 0 aromatic rings. The number of nitrogens with zero attached hydrogens (tertiary/aromatic N) is 2. The molecule has 120 valence electrons. The van der Waals surface area contributed by atoms with Crippen molar-refractivity contribution in [2.75, 3.05) is 19.6 Å². The topological polar surface area (TPSA) is 60.9 Å². The first-order chi connectivity index (χ1) is 9.82. The maximum Gasteiger partial charge on any atom is 0.320 e. The number of aliphatic carboxylic acids is 1. The van der Waals surface area contributed by atoms with E-state index in [4.69, 9.17) is 0 Å². The number of hydrogen-bond acceptors (Lipinski definition) is 2. The van der Waals surface area contributed by atoms with E-state index in [1.807, 2.05) is 11.8 Å². The van der Waals surface area contributed by atoms with Gasteiger partial charge in [0.25, 0.3) is 0 Å². The molecule has 0 radical (unpaired) electrons. The molecule has 1 N–H and O–H groups in total. The maximum atomic E-state index is 12.8. The van der Waals surface area contributed by atoms with Crippen LogP contribution in [-0.4, -0.2) is 52.1 Å². The lowest BCUT2D eigenvalue weighted by Gasteiger charge is -2.43. The smallest absolute Gasteiger partial charge is 0.320 e. The van der Waals surface area contributed by atoms with E-state index >= 15 is 0 Å². The zero-order chi connectivity index (χ0) is 15.7. The Morgan fingerprint density at radius 3 is 2.33 bits per heavy atom. The van der Waals surface area contributed by atoms with Crippen molar-refractivity contribution in [1.82, 2.24) is 9.80 Å². The fourth-order valence-electron chi connectivity index (χ4n) is 3.89. The number of carbonyl (C=O) groups is 2. The molecule has 21 heavy (non-hydrogen) atoms. The van der Waals surface area contributed by atoms with Crippen molar-refractivity contribution in [3.05, 3.63) is 0 Å². The molecule has 1 atom stereocenters. The van der Waals surface area contributed by atoms with Crippen molar-refractivity contribution in [3.8, 4) is 0 Å². The average molecular weight is 296 g/mol. The van der Waals surface area contributed by atoms with Crippen LogP contribution in [0.1, 0.15) is 59.3 Å². The van der Waals surface area contributed by atoms with Crippen LogP contribution in [0, 0.1) is 5.41 Å². The molecule has 2 rings (SSSR count). The molecule has 5 heteroatoms.